The van der Waals surface area contributed by atoms with Crippen LogP contribution in [-0.2, 0) is 13.0 Å². The summed E-state index contributed by atoms with van der Waals surface area (Å²) in [4.78, 5) is 4.65. The van der Waals surface area contributed by atoms with Gasteiger partial charge in [-0.25, -0.2) is 4.98 Å². The molecule has 4 heteroatoms. The van der Waals surface area contributed by atoms with E-state index in [0.717, 1.165) is 19.5 Å². The number of thioether (sulfide) groups is 1. The minimum atomic E-state index is 0.536. The van der Waals surface area contributed by atoms with Crippen LogP contribution in [0.5, 0.6) is 0 Å². The Morgan fingerprint density at radius 1 is 1.64 bits per heavy atom. The Bertz CT molecular complexity index is 332. The van der Waals surface area contributed by atoms with Crippen molar-refractivity contribution >= 4 is 11.8 Å². The van der Waals surface area contributed by atoms with Crippen LogP contribution in [0.25, 0.3) is 0 Å². The average Bonchev–Trinajstić information content (AvgIpc) is 2.72. The van der Waals surface area contributed by atoms with E-state index < -0.39 is 0 Å². The van der Waals surface area contributed by atoms with E-state index in [9.17, 15) is 0 Å². The average molecular weight is 211 g/mol. The number of nitrogens with two attached hydrogens (primary N) is 1. The molecular formula is C10H17N3S. The van der Waals surface area contributed by atoms with E-state index in [0.29, 0.717) is 5.92 Å². The van der Waals surface area contributed by atoms with Crippen LogP contribution in [-0.4, -0.2) is 21.8 Å². The number of nitrogens with zero attached hydrogens (tertiary/aromatic N) is 2. The minimum Gasteiger partial charge on any atom is -0.330 e. The molecule has 2 heterocycles. The number of hydrogen-bond acceptors (Lipinski definition) is 3. The van der Waals surface area contributed by atoms with Crippen LogP contribution in [0.3, 0.4) is 0 Å². The van der Waals surface area contributed by atoms with Crippen LogP contribution in [0, 0.1) is 12.8 Å². The van der Waals surface area contributed by atoms with Crippen molar-refractivity contribution < 1.29 is 0 Å². The summed E-state index contributed by atoms with van der Waals surface area (Å²) in [5.41, 5.74) is 8.20. The van der Waals surface area contributed by atoms with Crippen molar-refractivity contribution in [3.05, 3.63) is 11.4 Å². The highest BCUT2D eigenvalue weighted by molar-refractivity contribution is 7.99. The molecule has 78 valence electrons. The first-order chi connectivity index (χ1) is 6.72. The molecular weight excluding hydrogens is 194 g/mol. The maximum Gasteiger partial charge on any atom is 0.168 e. The summed E-state index contributed by atoms with van der Waals surface area (Å²) in [7, 11) is 0. The monoisotopic (exact) mass is 211 g/mol. The first-order valence-electron chi connectivity index (χ1n) is 5.11. The molecule has 2 N–H and O–H groups in total. The Balaban J connectivity index is 2.19. The van der Waals surface area contributed by atoms with Gasteiger partial charge < -0.3 is 10.3 Å². The quantitative estimate of drug-likeness (QED) is 0.822. The molecule has 3 nitrogen and oxygen atoms in total. The summed E-state index contributed by atoms with van der Waals surface area (Å²) in [5, 5.41) is 1.20. The van der Waals surface area contributed by atoms with Crippen LogP contribution in [0.1, 0.15) is 18.3 Å². The van der Waals surface area contributed by atoms with Crippen molar-refractivity contribution in [3.8, 4) is 0 Å². The highest BCUT2D eigenvalue weighted by Crippen LogP contribution is 2.28. The molecule has 2 rings (SSSR count). The van der Waals surface area contributed by atoms with Gasteiger partial charge in [0.25, 0.3) is 0 Å². The lowest BCUT2D eigenvalue weighted by atomic mass is 10.1. The van der Waals surface area contributed by atoms with E-state index >= 15 is 0 Å². The second kappa shape index (κ2) is 3.95. The van der Waals surface area contributed by atoms with Gasteiger partial charge in [-0.2, -0.15) is 0 Å². The van der Waals surface area contributed by atoms with Crippen molar-refractivity contribution in [1.29, 1.82) is 0 Å². The van der Waals surface area contributed by atoms with E-state index in [-0.39, 0.29) is 0 Å². The van der Waals surface area contributed by atoms with Gasteiger partial charge in [0.15, 0.2) is 5.16 Å². The number of hydrogen-bond donors (Lipinski definition) is 1. The summed E-state index contributed by atoms with van der Waals surface area (Å²) in [6.07, 6.45) is 1.02. The fourth-order valence-electron chi connectivity index (χ4n) is 1.76. The zero-order valence-electron chi connectivity index (χ0n) is 8.79. The molecule has 1 aromatic rings. The fourth-order valence-corrected chi connectivity index (χ4v) is 2.78. The Kier molecular flexibility index (Phi) is 2.83. The van der Waals surface area contributed by atoms with E-state index in [2.05, 4.69) is 23.4 Å². The van der Waals surface area contributed by atoms with Gasteiger partial charge in [0.05, 0.1) is 5.69 Å². The predicted octanol–water partition coefficient (Wildman–Crippen LogP) is 1.43. The molecule has 0 saturated carbocycles. The van der Waals surface area contributed by atoms with Crippen molar-refractivity contribution in [2.24, 2.45) is 11.7 Å². The van der Waals surface area contributed by atoms with Crippen LogP contribution in [0.4, 0.5) is 0 Å². The standard InChI is InChI=1S/C10H17N3S/c1-7(6-11)5-9-8(2)13-3-4-14-10(13)12-9/h7H,3-6,11H2,1-2H3. The largest absolute Gasteiger partial charge is 0.330 e. The SMILES string of the molecule is Cc1c(CC(C)CN)nc2n1CCS2. The molecule has 1 aliphatic heterocycles. The molecule has 14 heavy (non-hydrogen) atoms. The van der Waals surface area contributed by atoms with Crippen LogP contribution >= 0.6 is 11.8 Å². The molecule has 0 aromatic carbocycles. The fraction of sp³-hybridized carbons (Fsp3) is 0.700. The smallest absolute Gasteiger partial charge is 0.168 e. The van der Waals surface area contributed by atoms with Crippen LogP contribution in [0.15, 0.2) is 5.16 Å². The molecule has 1 atom stereocenters. The van der Waals surface area contributed by atoms with Crippen molar-refractivity contribution in [2.45, 2.75) is 32.0 Å². The third-order valence-electron chi connectivity index (χ3n) is 2.77. The summed E-state index contributed by atoms with van der Waals surface area (Å²) in [5.74, 6) is 1.71. The maximum atomic E-state index is 5.62. The van der Waals surface area contributed by atoms with Gasteiger partial charge in [-0.1, -0.05) is 18.7 Å². The van der Waals surface area contributed by atoms with Gasteiger partial charge in [-0.15, -0.1) is 0 Å². The number of rotatable bonds is 3. The van der Waals surface area contributed by atoms with Gasteiger partial charge in [0.1, 0.15) is 0 Å². The van der Waals surface area contributed by atoms with Crippen molar-refractivity contribution in [1.82, 2.24) is 9.55 Å². The van der Waals surface area contributed by atoms with Crippen LogP contribution < -0.4 is 5.73 Å². The Hall–Kier alpha value is -0.480. The van der Waals surface area contributed by atoms with E-state index in [1.165, 1.54) is 22.3 Å². The van der Waals surface area contributed by atoms with E-state index in [1.807, 2.05) is 11.8 Å². The summed E-state index contributed by atoms with van der Waals surface area (Å²) in [6, 6.07) is 0. The third-order valence-corrected chi connectivity index (χ3v) is 3.73. The van der Waals surface area contributed by atoms with Gasteiger partial charge in [-0.3, -0.25) is 0 Å². The Morgan fingerprint density at radius 3 is 3.07 bits per heavy atom. The third kappa shape index (κ3) is 1.68. The lowest BCUT2D eigenvalue weighted by Gasteiger charge is -2.07. The van der Waals surface area contributed by atoms with E-state index in [4.69, 9.17) is 5.73 Å². The van der Waals surface area contributed by atoms with Gasteiger partial charge in [0, 0.05) is 18.0 Å². The first-order valence-corrected chi connectivity index (χ1v) is 6.09. The normalized spacial score (nSPS) is 17.1. The number of imidazole rings is 1. The molecule has 0 saturated heterocycles. The highest BCUT2D eigenvalue weighted by Gasteiger charge is 2.19. The number of fused-ring (bicyclic) bond motifs is 1. The molecule has 0 amide bonds. The zero-order chi connectivity index (χ0) is 10.1. The van der Waals surface area contributed by atoms with Crippen LogP contribution in [0.2, 0.25) is 0 Å². The Morgan fingerprint density at radius 2 is 2.43 bits per heavy atom. The molecule has 0 spiro atoms. The second-order valence-corrected chi connectivity index (χ2v) is 5.03. The molecule has 1 unspecified atom stereocenters. The Labute approximate surface area is 89.1 Å². The second-order valence-electron chi connectivity index (χ2n) is 3.97. The van der Waals surface area contributed by atoms with Gasteiger partial charge in [-0.05, 0) is 25.8 Å². The number of aromatic nitrogens is 2. The molecule has 0 bridgehead atoms. The van der Waals surface area contributed by atoms with Gasteiger partial charge in [0.2, 0.25) is 0 Å². The summed E-state index contributed by atoms with van der Waals surface area (Å²) >= 11 is 1.86. The summed E-state index contributed by atoms with van der Waals surface area (Å²) < 4.78 is 2.32. The van der Waals surface area contributed by atoms with Crippen molar-refractivity contribution in [3.63, 3.8) is 0 Å². The lowest BCUT2D eigenvalue weighted by Crippen LogP contribution is -2.14. The lowest BCUT2D eigenvalue weighted by molar-refractivity contribution is 0.582. The molecule has 0 radical (unpaired) electrons. The van der Waals surface area contributed by atoms with Crippen molar-refractivity contribution in [2.75, 3.05) is 12.3 Å². The van der Waals surface area contributed by atoms with Gasteiger partial charge >= 0.3 is 0 Å². The zero-order valence-corrected chi connectivity index (χ0v) is 9.60. The molecule has 0 fully saturated rings. The topological polar surface area (TPSA) is 43.8 Å². The predicted molar refractivity (Wildman–Crippen MR) is 59.6 cm³/mol. The molecule has 1 aromatic heterocycles. The molecule has 0 aliphatic carbocycles. The van der Waals surface area contributed by atoms with E-state index in [1.54, 1.807) is 0 Å². The highest BCUT2D eigenvalue weighted by atomic mass is 32.2. The first kappa shape index (κ1) is 10.1. The minimum absolute atomic E-state index is 0.536. The molecule has 1 aliphatic rings. The maximum absolute atomic E-state index is 5.62. The summed E-state index contributed by atoms with van der Waals surface area (Å²) in [6.45, 7) is 6.21.